The van der Waals surface area contributed by atoms with E-state index in [1.807, 2.05) is 36.5 Å². The molecule has 2 aromatic heterocycles. The molecule has 22 heavy (non-hydrogen) atoms. The summed E-state index contributed by atoms with van der Waals surface area (Å²) in [5, 5.41) is 6.37. The second-order valence-corrected chi connectivity index (χ2v) is 7.00. The van der Waals surface area contributed by atoms with Crippen LogP contribution in [0.2, 0.25) is 0 Å². The molecule has 0 amide bonds. The summed E-state index contributed by atoms with van der Waals surface area (Å²) in [6, 6.07) is 12.0. The fourth-order valence-corrected chi connectivity index (χ4v) is 3.65. The van der Waals surface area contributed by atoms with E-state index >= 15 is 0 Å². The number of nitrogens with two attached hydrogens (primary N) is 1. The van der Waals surface area contributed by atoms with Crippen LogP contribution in [0.25, 0.3) is 11.1 Å². The van der Waals surface area contributed by atoms with Gasteiger partial charge in [0.25, 0.3) is 0 Å². The quantitative estimate of drug-likeness (QED) is 0.738. The predicted octanol–water partition coefficient (Wildman–Crippen LogP) is 4.10. The Morgan fingerprint density at radius 1 is 1.14 bits per heavy atom. The van der Waals surface area contributed by atoms with E-state index in [2.05, 4.69) is 29.9 Å². The highest BCUT2D eigenvalue weighted by Crippen LogP contribution is 2.69. The van der Waals surface area contributed by atoms with Crippen LogP contribution in [0.5, 0.6) is 0 Å². The van der Waals surface area contributed by atoms with Crippen LogP contribution >= 0.6 is 11.9 Å². The number of hydrogen-bond donors (Lipinski definition) is 1. The van der Waals surface area contributed by atoms with Gasteiger partial charge in [0.1, 0.15) is 10.5 Å². The third kappa shape index (κ3) is 2.04. The molecule has 4 rings (SSSR count). The number of hydrogen-bond acceptors (Lipinski definition) is 5. The Bertz CT molecular complexity index is 792. The summed E-state index contributed by atoms with van der Waals surface area (Å²) < 4.78 is 5.97. The fourth-order valence-electron chi connectivity index (χ4n) is 3.39. The van der Waals surface area contributed by atoms with Crippen LogP contribution in [0.15, 0.2) is 52.0 Å². The predicted molar refractivity (Wildman–Crippen MR) is 87.6 cm³/mol. The van der Waals surface area contributed by atoms with E-state index in [1.165, 1.54) is 17.5 Å². The number of rotatable bonds is 3. The molecule has 0 saturated heterocycles. The van der Waals surface area contributed by atoms with E-state index in [0.717, 1.165) is 22.0 Å². The van der Waals surface area contributed by atoms with E-state index in [9.17, 15) is 0 Å². The number of oxazole rings is 1. The minimum atomic E-state index is 0.125. The molecule has 2 unspecified atom stereocenters. The number of para-hydroxylation sites is 2. The lowest BCUT2D eigenvalue weighted by Gasteiger charge is -2.02. The van der Waals surface area contributed by atoms with Crippen LogP contribution in [0.1, 0.15) is 37.1 Å². The van der Waals surface area contributed by atoms with Crippen molar-refractivity contribution in [2.75, 3.05) is 0 Å². The van der Waals surface area contributed by atoms with Crippen molar-refractivity contribution in [2.24, 2.45) is 10.6 Å². The number of benzene rings is 1. The molecular weight excluding hydrogens is 294 g/mol. The van der Waals surface area contributed by atoms with Gasteiger partial charge < -0.3 is 4.42 Å². The Morgan fingerprint density at radius 3 is 2.64 bits per heavy atom. The Kier molecular flexibility index (Phi) is 3.03. The van der Waals surface area contributed by atoms with Crippen molar-refractivity contribution in [3.63, 3.8) is 0 Å². The largest absolute Gasteiger partial charge is 0.440 e. The normalized spacial score (nSPS) is 22.9. The molecule has 2 N–H and O–H groups in total. The van der Waals surface area contributed by atoms with Gasteiger partial charge in [-0.05, 0) is 41.1 Å². The zero-order valence-corrected chi connectivity index (χ0v) is 13.3. The van der Waals surface area contributed by atoms with E-state index in [1.54, 1.807) is 0 Å². The van der Waals surface area contributed by atoms with Crippen LogP contribution in [0.4, 0.5) is 0 Å². The molecule has 2 heterocycles. The summed E-state index contributed by atoms with van der Waals surface area (Å²) in [5.41, 5.74) is 3.12. The molecule has 1 fully saturated rings. The summed E-state index contributed by atoms with van der Waals surface area (Å²) in [6.45, 7) is 4.51. The molecule has 5 heteroatoms. The molecule has 1 aliphatic carbocycles. The molecule has 2 atom stereocenters. The lowest BCUT2D eigenvalue weighted by Crippen LogP contribution is -1.92. The Balaban J connectivity index is 1.69. The fraction of sp³-hybridized carbons (Fsp3) is 0.294. The Hall–Kier alpha value is -1.85. The van der Waals surface area contributed by atoms with Gasteiger partial charge in [0.05, 0.1) is 0 Å². The number of aromatic nitrogens is 2. The number of fused-ring (bicyclic) bond motifs is 1. The SMILES string of the molecule is CC1(C)C(c2ccc(SN)nc2)C1c1nc2ccccc2o1. The van der Waals surface area contributed by atoms with Crippen LogP contribution in [-0.2, 0) is 0 Å². The zero-order valence-electron chi connectivity index (χ0n) is 12.5. The number of pyridine rings is 1. The summed E-state index contributed by atoms with van der Waals surface area (Å²) in [4.78, 5) is 9.05. The molecule has 0 bridgehead atoms. The molecular formula is C17H17N3OS. The Labute approximate surface area is 133 Å². The molecule has 0 radical (unpaired) electrons. The lowest BCUT2D eigenvalue weighted by atomic mass is 10.1. The lowest BCUT2D eigenvalue weighted by molar-refractivity contribution is 0.493. The molecule has 1 saturated carbocycles. The minimum Gasteiger partial charge on any atom is -0.440 e. The first-order valence-corrected chi connectivity index (χ1v) is 8.17. The van der Waals surface area contributed by atoms with Gasteiger partial charge in [0.15, 0.2) is 11.5 Å². The van der Waals surface area contributed by atoms with Crippen molar-refractivity contribution < 1.29 is 4.42 Å². The van der Waals surface area contributed by atoms with Gasteiger partial charge in [-0.3, -0.25) is 5.14 Å². The highest BCUT2D eigenvalue weighted by Gasteiger charge is 2.61. The average Bonchev–Trinajstić information content (AvgIpc) is 2.91. The van der Waals surface area contributed by atoms with E-state index in [0.29, 0.717) is 5.92 Å². The molecule has 4 nitrogen and oxygen atoms in total. The zero-order chi connectivity index (χ0) is 15.3. The van der Waals surface area contributed by atoms with Crippen molar-refractivity contribution in [3.05, 3.63) is 54.0 Å². The Morgan fingerprint density at radius 2 is 1.95 bits per heavy atom. The van der Waals surface area contributed by atoms with Gasteiger partial charge in [-0.25, -0.2) is 9.97 Å². The van der Waals surface area contributed by atoms with Gasteiger partial charge in [-0.1, -0.05) is 32.0 Å². The first kappa shape index (κ1) is 13.8. The second kappa shape index (κ2) is 4.83. The van der Waals surface area contributed by atoms with Gasteiger partial charge in [-0.2, -0.15) is 0 Å². The third-order valence-electron chi connectivity index (χ3n) is 4.64. The van der Waals surface area contributed by atoms with Crippen LogP contribution in [-0.4, -0.2) is 9.97 Å². The first-order valence-electron chi connectivity index (χ1n) is 7.29. The van der Waals surface area contributed by atoms with Gasteiger partial charge in [-0.15, -0.1) is 0 Å². The second-order valence-electron chi connectivity index (χ2n) is 6.34. The summed E-state index contributed by atoms with van der Waals surface area (Å²) in [6.07, 6.45) is 1.92. The number of nitrogens with zero attached hydrogens (tertiary/aromatic N) is 2. The highest BCUT2D eigenvalue weighted by atomic mass is 32.2. The van der Waals surface area contributed by atoms with Crippen molar-refractivity contribution in [1.82, 2.24) is 9.97 Å². The standard InChI is InChI=1S/C17H17N3OS/c1-17(2)14(10-7-8-13(22-18)19-9-10)15(17)16-20-11-5-3-4-6-12(11)21-16/h3-9,14-15H,18H2,1-2H3. The van der Waals surface area contributed by atoms with Crippen molar-refractivity contribution in [1.29, 1.82) is 0 Å². The average molecular weight is 311 g/mol. The van der Waals surface area contributed by atoms with Gasteiger partial charge in [0.2, 0.25) is 0 Å². The van der Waals surface area contributed by atoms with Gasteiger partial charge in [0, 0.05) is 18.0 Å². The van der Waals surface area contributed by atoms with Crippen LogP contribution in [0.3, 0.4) is 0 Å². The van der Waals surface area contributed by atoms with Crippen molar-refractivity contribution in [3.8, 4) is 0 Å². The maximum absolute atomic E-state index is 5.97. The summed E-state index contributed by atoms with van der Waals surface area (Å²) >= 11 is 1.17. The smallest absolute Gasteiger partial charge is 0.199 e. The van der Waals surface area contributed by atoms with Crippen LogP contribution < -0.4 is 5.14 Å². The monoisotopic (exact) mass is 311 g/mol. The molecule has 1 aliphatic rings. The topological polar surface area (TPSA) is 64.9 Å². The highest BCUT2D eigenvalue weighted by molar-refractivity contribution is 7.97. The van der Waals surface area contributed by atoms with Crippen molar-refractivity contribution >= 4 is 23.0 Å². The van der Waals surface area contributed by atoms with E-state index < -0.39 is 0 Å². The summed E-state index contributed by atoms with van der Waals surface area (Å²) in [5.74, 6) is 1.50. The maximum atomic E-state index is 5.97. The molecule has 0 aliphatic heterocycles. The first-order chi connectivity index (χ1) is 10.6. The molecule has 3 aromatic rings. The maximum Gasteiger partial charge on any atom is 0.199 e. The minimum absolute atomic E-state index is 0.125. The van der Waals surface area contributed by atoms with E-state index in [-0.39, 0.29) is 11.3 Å². The third-order valence-corrected chi connectivity index (χ3v) is 5.13. The van der Waals surface area contributed by atoms with Gasteiger partial charge >= 0.3 is 0 Å². The van der Waals surface area contributed by atoms with Crippen LogP contribution in [0, 0.1) is 5.41 Å². The van der Waals surface area contributed by atoms with Crippen molar-refractivity contribution in [2.45, 2.75) is 30.7 Å². The molecule has 112 valence electrons. The molecule has 1 aromatic carbocycles. The molecule has 0 spiro atoms. The van der Waals surface area contributed by atoms with E-state index in [4.69, 9.17) is 9.56 Å². The summed E-state index contributed by atoms with van der Waals surface area (Å²) in [7, 11) is 0.